The highest BCUT2D eigenvalue weighted by Crippen LogP contribution is 2.37. The van der Waals surface area contributed by atoms with Gasteiger partial charge in [-0.25, -0.2) is 19.5 Å². The van der Waals surface area contributed by atoms with Gasteiger partial charge in [-0.3, -0.25) is 9.69 Å². The summed E-state index contributed by atoms with van der Waals surface area (Å²) in [6, 6.07) is 9.44. The molecule has 0 aliphatic carbocycles. The van der Waals surface area contributed by atoms with Crippen LogP contribution in [0.2, 0.25) is 0 Å². The van der Waals surface area contributed by atoms with Gasteiger partial charge in [-0.1, -0.05) is 18.2 Å². The summed E-state index contributed by atoms with van der Waals surface area (Å²) < 4.78 is 32.6. The van der Waals surface area contributed by atoms with Crippen LogP contribution < -0.4 is 15.0 Å². The van der Waals surface area contributed by atoms with Crippen LogP contribution in [0.4, 0.5) is 14.7 Å². The van der Waals surface area contributed by atoms with Crippen molar-refractivity contribution in [2.24, 2.45) is 0 Å². The summed E-state index contributed by atoms with van der Waals surface area (Å²) in [6.07, 6.45) is 2.43. The lowest BCUT2D eigenvalue weighted by molar-refractivity contribution is -0.138. The molecule has 2 aliphatic rings. The van der Waals surface area contributed by atoms with Crippen LogP contribution >= 0.6 is 0 Å². The minimum absolute atomic E-state index is 0.0119. The van der Waals surface area contributed by atoms with Crippen molar-refractivity contribution in [3.63, 3.8) is 0 Å². The molecule has 2 aliphatic heterocycles. The fourth-order valence-corrected chi connectivity index (χ4v) is 5.15. The first kappa shape index (κ1) is 26.0. The number of benzene rings is 1. The minimum Gasteiger partial charge on any atom is -0.480 e. The van der Waals surface area contributed by atoms with Gasteiger partial charge < -0.3 is 25.2 Å². The number of aliphatic hydroxyl groups is 1. The van der Waals surface area contributed by atoms with Crippen LogP contribution in [0.5, 0.6) is 5.75 Å². The number of para-hydroxylation sites is 1. The normalized spacial score (nSPS) is 19.6. The molecule has 40 heavy (non-hydrogen) atoms. The molecule has 4 aromatic rings. The van der Waals surface area contributed by atoms with Crippen molar-refractivity contribution in [1.82, 2.24) is 34.8 Å². The van der Waals surface area contributed by atoms with Crippen LogP contribution in [0.3, 0.4) is 0 Å². The molecule has 14 heteroatoms. The highest BCUT2D eigenvalue weighted by molar-refractivity contribution is 5.69. The number of halogens is 2. The molecule has 1 aromatic carbocycles. The second-order valence-corrected chi connectivity index (χ2v) is 9.57. The standard InChI is InChI=1S/C26H26F2N8O4/c27-25(28)40-19-4-2-1-3-16(19)22-24-23(18(37)13-29-22)32-20-6-5-17(33-36(20)24)15-11-30-26(31-12-15)35-9-7-34(8-10-35)14-21(38)39/h1-6,11-12,18,22,25,29,37H,7-10,13-14H2,(H,38,39). The first-order valence-electron chi connectivity index (χ1n) is 12.7. The fraction of sp³-hybridized carbons (Fsp3) is 0.346. The number of piperazine rings is 1. The van der Waals surface area contributed by atoms with Crippen molar-refractivity contribution in [3.05, 3.63) is 65.7 Å². The van der Waals surface area contributed by atoms with Crippen molar-refractivity contribution in [3.8, 4) is 17.0 Å². The number of ether oxygens (including phenoxy) is 1. The molecule has 0 amide bonds. The zero-order valence-corrected chi connectivity index (χ0v) is 21.2. The molecule has 5 heterocycles. The topological polar surface area (TPSA) is 141 Å². The third-order valence-electron chi connectivity index (χ3n) is 7.04. The first-order valence-corrected chi connectivity index (χ1v) is 12.7. The lowest BCUT2D eigenvalue weighted by atomic mass is 9.96. The lowest BCUT2D eigenvalue weighted by Crippen LogP contribution is -2.48. The summed E-state index contributed by atoms with van der Waals surface area (Å²) in [5, 5.41) is 27.6. The Morgan fingerprint density at radius 2 is 1.85 bits per heavy atom. The Hall–Kier alpha value is -4.27. The number of nitrogens with one attached hydrogen (secondary N) is 1. The minimum atomic E-state index is -2.99. The van der Waals surface area contributed by atoms with Gasteiger partial charge in [0.25, 0.3) is 0 Å². The number of carboxylic acid groups (broad SMARTS) is 1. The smallest absolute Gasteiger partial charge is 0.387 e. The average Bonchev–Trinajstić information content (AvgIpc) is 3.34. The van der Waals surface area contributed by atoms with Crippen molar-refractivity contribution >= 4 is 17.6 Å². The van der Waals surface area contributed by atoms with Gasteiger partial charge >= 0.3 is 12.6 Å². The van der Waals surface area contributed by atoms with Crippen LogP contribution in [-0.4, -0.2) is 91.5 Å². The van der Waals surface area contributed by atoms with Crippen molar-refractivity contribution in [1.29, 1.82) is 0 Å². The maximum absolute atomic E-state index is 13.1. The van der Waals surface area contributed by atoms with E-state index < -0.39 is 24.7 Å². The number of carbonyl (C=O) groups is 1. The Labute approximate surface area is 226 Å². The van der Waals surface area contributed by atoms with Crippen LogP contribution in [-0.2, 0) is 4.79 Å². The number of β-amino-alcohol motifs (C(OH)–C–C–N with tert-alkyl or cyclic N) is 1. The van der Waals surface area contributed by atoms with E-state index in [0.717, 1.165) is 0 Å². The molecule has 0 spiro atoms. The Bertz CT molecular complexity index is 1530. The molecule has 0 radical (unpaired) electrons. The monoisotopic (exact) mass is 552 g/mol. The number of alkyl halides is 2. The third-order valence-corrected chi connectivity index (χ3v) is 7.04. The number of rotatable bonds is 7. The van der Waals surface area contributed by atoms with E-state index in [9.17, 15) is 18.7 Å². The number of hydrogen-bond acceptors (Lipinski definition) is 10. The van der Waals surface area contributed by atoms with Crippen molar-refractivity contribution in [2.45, 2.75) is 18.8 Å². The Balaban J connectivity index is 1.30. The highest BCUT2D eigenvalue weighted by Gasteiger charge is 2.34. The quantitative estimate of drug-likeness (QED) is 0.309. The predicted octanol–water partition coefficient (Wildman–Crippen LogP) is 1.72. The summed E-state index contributed by atoms with van der Waals surface area (Å²) in [7, 11) is 0. The molecule has 1 fully saturated rings. The van der Waals surface area contributed by atoms with Gasteiger partial charge in [0.2, 0.25) is 5.95 Å². The van der Waals surface area contributed by atoms with Gasteiger partial charge in [0.1, 0.15) is 11.9 Å². The molecule has 2 atom stereocenters. The van der Waals surface area contributed by atoms with Gasteiger partial charge in [0.05, 0.1) is 29.7 Å². The zero-order valence-electron chi connectivity index (χ0n) is 21.2. The number of nitrogens with zero attached hydrogens (tertiary/aromatic N) is 7. The van der Waals surface area contributed by atoms with Gasteiger partial charge in [0, 0.05) is 56.2 Å². The SMILES string of the molecule is O=C(O)CN1CCN(c2ncc(-c3ccc4nc5c(n4n3)C(c3ccccc3OC(F)F)NCC5O)cn2)CC1. The van der Waals surface area contributed by atoms with Crippen LogP contribution in [0, 0.1) is 0 Å². The van der Waals surface area contributed by atoms with E-state index in [1.54, 1.807) is 47.2 Å². The zero-order chi connectivity index (χ0) is 27.8. The Kier molecular flexibility index (Phi) is 6.96. The maximum Gasteiger partial charge on any atom is 0.387 e. The molecule has 3 aromatic heterocycles. The van der Waals surface area contributed by atoms with Crippen LogP contribution in [0.15, 0.2) is 48.8 Å². The number of aliphatic carboxylic acids is 1. The largest absolute Gasteiger partial charge is 0.480 e. The molecule has 12 nitrogen and oxygen atoms in total. The van der Waals surface area contributed by atoms with E-state index in [2.05, 4.69) is 20.3 Å². The van der Waals surface area contributed by atoms with Crippen molar-refractivity contribution in [2.75, 3.05) is 44.2 Å². The van der Waals surface area contributed by atoms with Gasteiger partial charge in [-0.05, 0) is 18.2 Å². The van der Waals surface area contributed by atoms with Gasteiger partial charge in [0.15, 0.2) is 5.65 Å². The number of aromatic nitrogens is 5. The number of fused-ring (bicyclic) bond motifs is 3. The van der Waals surface area contributed by atoms with Gasteiger partial charge in [-0.2, -0.15) is 13.9 Å². The number of aliphatic hydroxyl groups excluding tert-OH is 1. The summed E-state index contributed by atoms with van der Waals surface area (Å²) in [6.45, 7) is -0.355. The van der Waals surface area contributed by atoms with E-state index in [1.807, 2.05) is 9.80 Å². The fourth-order valence-electron chi connectivity index (χ4n) is 5.15. The number of imidazole rings is 1. The number of anilines is 1. The summed E-state index contributed by atoms with van der Waals surface area (Å²) in [5.41, 5.74) is 3.11. The van der Waals surface area contributed by atoms with Gasteiger partial charge in [-0.15, -0.1) is 0 Å². The van der Waals surface area contributed by atoms with E-state index in [4.69, 9.17) is 14.9 Å². The Morgan fingerprint density at radius 1 is 1.10 bits per heavy atom. The van der Waals surface area contributed by atoms with E-state index in [-0.39, 0.29) is 18.8 Å². The first-order chi connectivity index (χ1) is 19.4. The highest BCUT2D eigenvalue weighted by atomic mass is 19.3. The Morgan fingerprint density at radius 3 is 2.58 bits per heavy atom. The number of hydrogen-bond donors (Lipinski definition) is 3. The molecule has 0 bridgehead atoms. The molecule has 208 valence electrons. The summed E-state index contributed by atoms with van der Waals surface area (Å²) >= 11 is 0. The predicted molar refractivity (Wildman–Crippen MR) is 138 cm³/mol. The molecule has 2 unspecified atom stereocenters. The second-order valence-electron chi connectivity index (χ2n) is 9.57. The molecular formula is C26H26F2N8O4. The van der Waals surface area contributed by atoms with E-state index in [1.165, 1.54) is 6.07 Å². The molecule has 1 saturated heterocycles. The van der Waals surface area contributed by atoms with Crippen LogP contribution in [0.1, 0.15) is 29.1 Å². The lowest BCUT2D eigenvalue weighted by Gasteiger charge is -2.33. The summed E-state index contributed by atoms with van der Waals surface area (Å²) in [5.74, 6) is -0.279. The molecule has 6 rings (SSSR count). The number of carboxylic acids is 1. The third kappa shape index (κ3) is 5.03. The van der Waals surface area contributed by atoms with E-state index in [0.29, 0.717) is 66.0 Å². The van der Waals surface area contributed by atoms with Crippen molar-refractivity contribution < 1.29 is 28.5 Å². The second kappa shape index (κ2) is 10.7. The average molecular weight is 553 g/mol. The molecule has 3 N–H and O–H groups in total. The maximum atomic E-state index is 13.1. The molecule has 0 saturated carbocycles. The van der Waals surface area contributed by atoms with Crippen LogP contribution in [0.25, 0.3) is 16.9 Å². The summed E-state index contributed by atoms with van der Waals surface area (Å²) in [4.78, 5) is 28.4. The molecular weight excluding hydrogens is 526 g/mol. The van der Waals surface area contributed by atoms with E-state index >= 15 is 0 Å².